The highest BCUT2D eigenvalue weighted by Gasteiger charge is 2.30. The molecule has 0 aromatic rings. The Labute approximate surface area is 86.3 Å². The Morgan fingerprint density at radius 3 is 2.64 bits per heavy atom. The second kappa shape index (κ2) is 3.98. The van der Waals surface area contributed by atoms with Gasteiger partial charge in [-0.1, -0.05) is 22.6 Å². The molecule has 2 nitrogen and oxygen atoms in total. The maximum atomic E-state index is 11.0. The fourth-order valence-electron chi connectivity index (χ4n) is 1.26. The van der Waals surface area contributed by atoms with Gasteiger partial charge in [0.05, 0.1) is 0 Å². The molecule has 0 saturated carbocycles. The Morgan fingerprint density at radius 1 is 1.73 bits per heavy atom. The summed E-state index contributed by atoms with van der Waals surface area (Å²) in [6.07, 6.45) is 0. The van der Waals surface area contributed by atoms with E-state index < -0.39 is 0 Å². The van der Waals surface area contributed by atoms with Crippen molar-refractivity contribution in [3.8, 4) is 0 Å². The van der Waals surface area contributed by atoms with Gasteiger partial charge in [0, 0.05) is 23.9 Å². The van der Waals surface area contributed by atoms with E-state index in [0.717, 1.165) is 18.8 Å². The van der Waals surface area contributed by atoms with Crippen LogP contribution in [-0.2, 0) is 4.79 Å². The molecule has 0 N–H and O–H groups in total. The molecule has 4 heteroatoms. The summed E-state index contributed by atoms with van der Waals surface area (Å²) in [6, 6.07) is 0. The topological polar surface area (TPSA) is 20.3 Å². The van der Waals surface area contributed by atoms with Crippen molar-refractivity contribution in [3.63, 3.8) is 0 Å². The van der Waals surface area contributed by atoms with E-state index in [-0.39, 0.29) is 5.91 Å². The fourth-order valence-corrected chi connectivity index (χ4v) is 2.99. The van der Waals surface area contributed by atoms with Gasteiger partial charge in [0.15, 0.2) is 0 Å². The Balaban J connectivity index is 2.49. The third kappa shape index (κ3) is 2.24. The number of hydrogen-bond acceptors (Lipinski definition) is 2. The summed E-state index contributed by atoms with van der Waals surface area (Å²) in [5.41, 5.74) is 0. The van der Waals surface area contributed by atoms with Crippen molar-refractivity contribution in [3.05, 3.63) is 0 Å². The summed E-state index contributed by atoms with van der Waals surface area (Å²) in [7, 11) is 0. The van der Waals surface area contributed by atoms with Gasteiger partial charge in [0.2, 0.25) is 5.91 Å². The molecule has 1 saturated heterocycles. The molecule has 1 fully saturated rings. The molecule has 0 aromatic heterocycles. The van der Waals surface area contributed by atoms with E-state index in [0.29, 0.717) is 9.84 Å². The molecule has 0 radical (unpaired) electrons. The number of carbonyl (C=O) groups excluding carboxylic acids is 1. The van der Waals surface area contributed by atoms with Crippen LogP contribution in [0.4, 0.5) is 0 Å². The van der Waals surface area contributed by atoms with Crippen LogP contribution in [0.25, 0.3) is 0 Å². The lowest BCUT2D eigenvalue weighted by molar-refractivity contribution is -0.127. The molecule has 0 bridgehead atoms. The lowest BCUT2D eigenvalue weighted by Gasteiger charge is -2.11. The van der Waals surface area contributed by atoms with Crippen molar-refractivity contribution < 1.29 is 4.79 Å². The maximum Gasteiger partial charge on any atom is 0.219 e. The molecule has 1 heterocycles. The van der Waals surface area contributed by atoms with Crippen molar-refractivity contribution in [2.24, 2.45) is 5.92 Å². The zero-order valence-corrected chi connectivity index (χ0v) is 9.51. The molecule has 0 aliphatic carbocycles. The van der Waals surface area contributed by atoms with Gasteiger partial charge in [-0.2, -0.15) is 12.6 Å². The summed E-state index contributed by atoms with van der Waals surface area (Å²) in [4.78, 5) is 12.9. The Morgan fingerprint density at radius 2 is 2.36 bits per heavy atom. The number of rotatable bonds is 1. The first-order chi connectivity index (χ1) is 5.15. The minimum Gasteiger partial charge on any atom is -0.342 e. The van der Waals surface area contributed by atoms with Gasteiger partial charge in [0.25, 0.3) is 0 Å². The average Bonchev–Trinajstić information content (AvgIpc) is 2.31. The van der Waals surface area contributed by atoms with Crippen LogP contribution < -0.4 is 0 Å². The minimum atomic E-state index is 0.191. The van der Waals surface area contributed by atoms with Crippen LogP contribution in [0.15, 0.2) is 0 Å². The monoisotopic (exact) mass is 285 g/mol. The standard InChI is InChI=1S/C7H12INOS/c1-5(10)9-2-6(4-11)7(8)3-9/h6-7,11H,2-4H2,1H3. The van der Waals surface area contributed by atoms with Gasteiger partial charge in [-0.3, -0.25) is 4.79 Å². The summed E-state index contributed by atoms with van der Waals surface area (Å²) in [5.74, 6) is 1.66. The Kier molecular flexibility index (Phi) is 3.49. The van der Waals surface area contributed by atoms with Crippen molar-refractivity contribution >= 4 is 41.1 Å². The summed E-state index contributed by atoms with van der Waals surface area (Å²) >= 11 is 6.64. The smallest absolute Gasteiger partial charge is 0.219 e. The predicted octanol–water partition coefficient (Wildman–Crippen LogP) is 1.20. The van der Waals surface area contributed by atoms with E-state index in [4.69, 9.17) is 0 Å². The van der Waals surface area contributed by atoms with E-state index in [2.05, 4.69) is 35.2 Å². The zero-order chi connectivity index (χ0) is 8.43. The van der Waals surface area contributed by atoms with E-state index >= 15 is 0 Å². The molecule has 1 aliphatic heterocycles. The Hall–Kier alpha value is 0.550. The number of nitrogens with zero attached hydrogens (tertiary/aromatic N) is 1. The number of carbonyl (C=O) groups is 1. The molecule has 2 unspecified atom stereocenters. The van der Waals surface area contributed by atoms with Crippen molar-refractivity contribution in [2.45, 2.75) is 10.8 Å². The molecular weight excluding hydrogens is 273 g/mol. The first kappa shape index (κ1) is 9.64. The predicted molar refractivity (Wildman–Crippen MR) is 57.4 cm³/mol. The SMILES string of the molecule is CC(=O)N1CC(I)C(CS)C1. The van der Waals surface area contributed by atoms with Crippen molar-refractivity contribution in [1.29, 1.82) is 0 Å². The van der Waals surface area contributed by atoms with Crippen LogP contribution in [0, 0.1) is 5.92 Å². The summed E-state index contributed by atoms with van der Waals surface area (Å²) in [5, 5.41) is 0. The van der Waals surface area contributed by atoms with E-state index in [1.165, 1.54) is 0 Å². The molecule has 0 aromatic carbocycles. The summed E-state index contributed by atoms with van der Waals surface area (Å²) < 4.78 is 0.592. The molecule has 1 aliphatic rings. The van der Waals surface area contributed by atoms with Gasteiger partial charge >= 0.3 is 0 Å². The van der Waals surface area contributed by atoms with Crippen LogP contribution in [-0.4, -0.2) is 33.6 Å². The normalized spacial score (nSPS) is 31.0. The van der Waals surface area contributed by atoms with Gasteiger partial charge < -0.3 is 4.90 Å². The van der Waals surface area contributed by atoms with Crippen LogP contribution in [0.2, 0.25) is 0 Å². The van der Waals surface area contributed by atoms with E-state index in [1.807, 2.05) is 4.90 Å². The second-order valence-corrected chi connectivity index (χ2v) is 4.85. The first-order valence-corrected chi connectivity index (χ1v) is 5.53. The van der Waals surface area contributed by atoms with Gasteiger partial charge in [-0.15, -0.1) is 0 Å². The van der Waals surface area contributed by atoms with Gasteiger partial charge in [-0.25, -0.2) is 0 Å². The molecular formula is C7H12INOS. The first-order valence-electron chi connectivity index (χ1n) is 3.65. The van der Waals surface area contributed by atoms with Gasteiger partial charge in [0.1, 0.15) is 0 Å². The maximum absolute atomic E-state index is 11.0. The number of alkyl halides is 1. The van der Waals surface area contributed by atoms with Crippen LogP contribution in [0.1, 0.15) is 6.92 Å². The number of amides is 1. The quantitative estimate of drug-likeness (QED) is 0.436. The van der Waals surface area contributed by atoms with Crippen molar-refractivity contribution in [2.75, 3.05) is 18.8 Å². The molecule has 64 valence electrons. The highest BCUT2D eigenvalue weighted by atomic mass is 127. The van der Waals surface area contributed by atoms with Crippen LogP contribution in [0.3, 0.4) is 0 Å². The lowest BCUT2D eigenvalue weighted by Crippen LogP contribution is -2.26. The molecule has 11 heavy (non-hydrogen) atoms. The van der Waals surface area contributed by atoms with Crippen molar-refractivity contribution in [1.82, 2.24) is 4.90 Å². The lowest BCUT2D eigenvalue weighted by atomic mass is 10.2. The molecule has 2 atom stereocenters. The zero-order valence-electron chi connectivity index (χ0n) is 6.46. The number of halogens is 1. The molecule has 0 spiro atoms. The van der Waals surface area contributed by atoms with Crippen LogP contribution in [0.5, 0.6) is 0 Å². The van der Waals surface area contributed by atoms with Gasteiger partial charge in [-0.05, 0) is 11.7 Å². The van der Waals surface area contributed by atoms with E-state index in [9.17, 15) is 4.79 Å². The third-order valence-electron chi connectivity index (χ3n) is 2.04. The fraction of sp³-hybridized carbons (Fsp3) is 0.857. The highest BCUT2D eigenvalue weighted by molar-refractivity contribution is 14.1. The minimum absolute atomic E-state index is 0.191. The number of likely N-dealkylation sites (tertiary alicyclic amines) is 1. The third-order valence-corrected chi connectivity index (χ3v) is 3.92. The molecule has 1 rings (SSSR count). The number of hydrogen-bond donors (Lipinski definition) is 1. The highest BCUT2D eigenvalue weighted by Crippen LogP contribution is 2.24. The second-order valence-electron chi connectivity index (χ2n) is 2.88. The largest absolute Gasteiger partial charge is 0.342 e. The van der Waals surface area contributed by atoms with E-state index in [1.54, 1.807) is 6.92 Å². The van der Waals surface area contributed by atoms with Crippen LogP contribution >= 0.6 is 35.2 Å². The molecule has 1 amide bonds. The Bertz CT molecular complexity index is 165. The summed E-state index contributed by atoms with van der Waals surface area (Å²) in [6.45, 7) is 3.43. The average molecular weight is 285 g/mol. The number of thiol groups is 1.